The van der Waals surface area contributed by atoms with E-state index in [2.05, 4.69) is 6.92 Å². The van der Waals surface area contributed by atoms with Gasteiger partial charge in [-0.2, -0.15) is 0 Å². The molecule has 1 N–H and O–H groups in total. The predicted molar refractivity (Wildman–Crippen MR) is 53.7 cm³/mol. The highest BCUT2D eigenvalue weighted by Gasteiger charge is 2.25. The van der Waals surface area contributed by atoms with Crippen LogP contribution >= 0.6 is 0 Å². The highest BCUT2D eigenvalue weighted by atomic mass is 16.5. The fraction of sp³-hybridized carbons (Fsp3) is 0.727. The molecule has 0 bridgehead atoms. The first-order chi connectivity index (χ1) is 6.66. The van der Waals surface area contributed by atoms with Crippen molar-refractivity contribution in [3.63, 3.8) is 0 Å². The van der Waals surface area contributed by atoms with E-state index in [-0.39, 0.29) is 11.5 Å². The number of hydrogen-bond acceptors (Lipinski definition) is 3. The van der Waals surface area contributed by atoms with Crippen molar-refractivity contribution >= 4 is 6.47 Å². The first-order valence-electron chi connectivity index (χ1n) is 5.06. The molecule has 0 heterocycles. The van der Waals surface area contributed by atoms with E-state index >= 15 is 0 Å². The van der Waals surface area contributed by atoms with E-state index in [4.69, 9.17) is 4.74 Å². The van der Waals surface area contributed by atoms with Crippen LogP contribution in [0.5, 0.6) is 0 Å². The first-order valence-corrected chi connectivity index (χ1v) is 5.06. The quantitative estimate of drug-likeness (QED) is 0.554. The highest BCUT2D eigenvalue weighted by Crippen LogP contribution is 2.31. The summed E-state index contributed by atoms with van der Waals surface area (Å²) >= 11 is 0. The summed E-state index contributed by atoms with van der Waals surface area (Å²) in [7, 11) is 0. The van der Waals surface area contributed by atoms with Crippen LogP contribution in [0.2, 0.25) is 0 Å². The van der Waals surface area contributed by atoms with Gasteiger partial charge in [0.1, 0.15) is 0 Å². The third-order valence-electron chi connectivity index (χ3n) is 2.75. The highest BCUT2D eigenvalue weighted by molar-refractivity contribution is 5.37. The van der Waals surface area contributed by atoms with E-state index in [0.717, 1.165) is 25.7 Å². The van der Waals surface area contributed by atoms with Gasteiger partial charge in [0, 0.05) is 5.41 Å². The molecule has 1 aliphatic rings. The van der Waals surface area contributed by atoms with Crippen LogP contribution < -0.4 is 0 Å². The van der Waals surface area contributed by atoms with Crippen LogP contribution in [0.15, 0.2) is 12.2 Å². The molecule has 14 heavy (non-hydrogen) atoms. The molecule has 0 spiro atoms. The molecule has 1 rings (SSSR count). The Labute approximate surface area is 84.8 Å². The molecule has 0 saturated carbocycles. The summed E-state index contributed by atoms with van der Waals surface area (Å²) in [5, 5.41) is 9.39. The molecule has 0 fully saturated rings. The summed E-state index contributed by atoms with van der Waals surface area (Å²) in [5.41, 5.74) is 0.0392. The number of carbonyl (C=O) groups is 1. The van der Waals surface area contributed by atoms with Gasteiger partial charge in [-0.1, -0.05) is 19.1 Å². The van der Waals surface area contributed by atoms with Crippen molar-refractivity contribution < 1.29 is 14.6 Å². The van der Waals surface area contributed by atoms with Gasteiger partial charge >= 0.3 is 0 Å². The fourth-order valence-corrected chi connectivity index (χ4v) is 1.81. The van der Waals surface area contributed by atoms with Gasteiger partial charge in [-0.15, -0.1) is 0 Å². The summed E-state index contributed by atoms with van der Waals surface area (Å²) in [4.78, 5) is 10.1. The van der Waals surface area contributed by atoms with Gasteiger partial charge < -0.3 is 9.84 Å². The van der Waals surface area contributed by atoms with Crippen molar-refractivity contribution in [1.82, 2.24) is 0 Å². The second kappa shape index (κ2) is 5.15. The maximum absolute atomic E-state index is 10.1. The molecule has 0 aromatic heterocycles. The molecule has 0 radical (unpaired) electrons. The Kier molecular flexibility index (Phi) is 4.14. The normalized spacial score (nSPS) is 35.4. The van der Waals surface area contributed by atoms with Gasteiger partial charge in [-0.3, -0.25) is 4.79 Å². The molecule has 1 aliphatic carbocycles. The Balaban J connectivity index is 2.51. The SMILES string of the molecule is CC1(COC=O)C/C=C/C(O)CCC1. The minimum Gasteiger partial charge on any atom is -0.467 e. The Morgan fingerprint density at radius 1 is 1.71 bits per heavy atom. The lowest BCUT2D eigenvalue weighted by Crippen LogP contribution is -2.24. The maximum Gasteiger partial charge on any atom is 0.293 e. The Morgan fingerprint density at radius 2 is 2.50 bits per heavy atom. The van der Waals surface area contributed by atoms with E-state index in [1.807, 2.05) is 12.2 Å². The molecule has 0 aromatic rings. The molecule has 3 heteroatoms. The van der Waals surface area contributed by atoms with E-state index in [1.54, 1.807) is 0 Å². The molecule has 80 valence electrons. The zero-order valence-corrected chi connectivity index (χ0v) is 8.61. The average molecular weight is 198 g/mol. The van der Waals surface area contributed by atoms with Crippen LogP contribution in [0.1, 0.15) is 32.6 Å². The summed E-state index contributed by atoms with van der Waals surface area (Å²) < 4.78 is 4.82. The number of allylic oxidation sites excluding steroid dienone is 1. The zero-order chi connectivity index (χ0) is 10.4. The van der Waals surface area contributed by atoms with E-state index in [9.17, 15) is 9.90 Å². The van der Waals surface area contributed by atoms with Crippen LogP contribution in [-0.4, -0.2) is 24.3 Å². The molecule has 0 saturated heterocycles. The first kappa shape index (κ1) is 11.2. The maximum atomic E-state index is 10.1. The van der Waals surface area contributed by atoms with Crippen molar-refractivity contribution in [2.45, 2.75) is 38.7 Å². The minimum absolute atomic E-state index is 0.0392. The van der Waals surface area contributed by atoms with Crippen LogP contribution in [0.25, 0.3) is 0 Å². The Morgan fingerprint density at radius 3 is 3.21 bits per heavy atom. The van der Waals surface area contributed by atoms with Crippen molar-refractivity contribution in [2.24, 2.45) is 5.41 Å². The number of carbonyl (C=O) groups excluding carboxylic acids is 1. The van der Waals surface area contributed by atoms with E-state index in [0.29, 0.717) is 13.1 Å². The summed E-state index contributed by atoms with van der Waals surface area (Å²) in [6, 6.07) is 0. The standard InChI is InChI=1S/C11H18O3/c1-11(8-14-9-12)6-2-4-10(13)5-3-7-11/h2,4,9-10,13H,3,5-8H2,1H3/b4-2+. The van der Waals surface area contributed by atoms with E-state index in [1.165, 1.54) is 0 Å². The minimum atomic E-state index is -0.300. The number of rotatable bonds is 3. The zero-order valence-electron chi connectivity index (χ0n) is 8.61. The van der Waals surface area contributed by atoms with Crippen LogP contribution in [0.3, 0.4) is 0 Å². The lowest BCUT2D eigenvalue weighted by molar-refractivity contribution is -0.132. The van der Waals surface area contributed by atoms with Gasteiger partial charge in [0.2, 0.25) is 0 Å². The fourth-order valence-electron chi connectivity index (χ4n) is 1.81. The number of hydrogen-bond donors (Lipinski definition) is 1. The van der Waals surface area contributed by atoms with Crippen LogP contribution in [0.4, 0.5) is 0 Å². The number of aliphatic hydroxyl groups is 1. The van der Waals surface area contributed by atoms with Crippen LogP contribution in [-0.2, 0) is 9.53 Å². The van der Waals surface area contributed by atoms with Crippen LogP contribution in [0, 0.1) is 5.41 Å². The third kappa shape index (κ3) is 3.50. The topological polar surface area (TPSA) is 46.5 Å². The predicted octanol–water partition coefficient (Wildman–Crippen LogP) is 1.66. The lowest BCUT2D eigenvalue weighted by atomic mass is 9.80. The van der Waals surface area contributed by atoms with Crippen molar-refractivity contribution in [3.8, 4) is 0 Å². The number of aliphatic hydroxyl groups excluding tert-OH is 1. The molecule has 2 unspecified atom stereocenters. The second-order valence-corrected chi connectivity index (χ2v) is 4.31. The summed E-state index contributed by atoms with van der Waals surface area (Å²) in [6.45, 7) is 3.08. The number of ether oxygens (including phenoxy) is 1. The van der Waals surface area contributed by atoms with Crippen molar-refractivity contribution in [1.29, 1.82) is 0 Å². The second-order valence-electron chi connectivity index (χ2n) is 4.31. The molecule has 3 nitrogen and oxygen atoms in total. The molecule has 0 aromatic carbocycles. The van der Waals surface area contributed by atoms with Gasteiger partial charge in [0.15, 0.2) is 0 Å². The van der Waals surface area contributed by atoms with E-state index < -0.39 is 0 Å². The summed E-state index contributed by atoms with van der Waals surface area (Å²) in [6.07, 6.45) is 7.14. The largest absolute Gasteiger partial charge is 0.467 e. The van der Waals surface area contributed by atoms with Gasteiger partial charge in [-0.25, -0.2) is 0 Å². The van der Waals surface area contributed by atoms with Crippen molar-refractivity contribution in [3.05, 3.63) is 12.2 Å². The third-order valence-corrected chi connectivity index (χ3v) is 2.75. The monoisotopic (exact) mass is 198 g/mol. The Hall–Kier alpha value is -0.830. The smallest absolute Gasteiger partial charge is 0.293 e. The molecule has 0 amide bonds. The lowest BCUT2D eigenvalue weighted by Gasteiger charge is -2.28. The molecular weight excluding hydrogens is 180 g/mol. The van der Waals surface area contributed by atoms with Gasteiger partial charge in [-0.05, 0) is 25.7 Å². The van der Waals surface area contributed by atoms with Gasteiger partial charge in [0.25, 0.3) is 6.47 Å². The molecular formula is C11H18O3. The molecule has 2 atom stereocenters. The van der Waals surface area contributed by atoms with Crippen molar-refractivity contribution in [2.75, 3.05) is 6.61 Å². The average Bonchev–Trinajstić information content (AvgIpc) is 2.12. The molecule has 0 aliphatic heterocycles. The van der Waals surface area contributed by atoms with Gasteiger partial charge in [0.05, 0.1) is 12.7 Å². The Bertz CT molecular complexity index is 213. The summed E-state index contributed by atoms with van der Waals surface area (Å²) in [5.74, 6) is 0.